The van der Waals surface area contributed by atoms with Crippen molar-refractivity contribution >= 4 is 17.9 Å². The summed E-state index contributed by atoms with van der Waals surface area (Å²) >= 11 is 0. The van der Waals surface area contributed by atoms with E-state index < -0.39 is 40.5 Å². The quantitative estimate of drug-likeness (QED) is 0.0493. The summed E-state index contributed by atoms with van der Waals surface area (Å²) < 4.78 is -0.497. The molecule has 0 amide bonds. The van der Waals surface area contributed by atoms with Crippen LogP contribution in [0.2, 0.25) is 0 Å². The normalized spacial score (nSPS) is 15.3. The molecule has 42 heavy (non-hydrogen) atoms. The number of carboxylic acids is 3. The molecule has 0 rings (SSSR count). The van der Waals surface area contributed by atoms with Gasteiger partial charge in [0.2, 0.25) is 0 Å². The molecule has 0 aromatic carbocycles. The van der Waals surface area contributed by atoms with Crippen LogP contribution in [0.4, 0.5) is 0 Å². The molecule has 0 saturated carbocycles. The Bertz CT molecular complexity index is 682. The van der Waals surface area contributed by atoms with Crippen LogP contribution in [0.15, 0.2) is 12.2 Å². The van der Waals surface area contributed by atoms with Gasteiger partial charge in [0.1, 0.15) is 6.04 Å². The Balaban J connectivity index is 4.42. The van der Waals surface area contributed by atoms with Crippen molar-refractivity contribution in [1.29, 1.82) is 0 Å². The van der Waals surface area contributed by atoms with E-state index in [0.717, 1.165) is 12.8 Å². The summed E-state index contributed by atoms with van der Waals surface area (Å²) in [4.78, 5) is 36.6. The van der Waals surface area contributed by atoms with Crippen LogP contribution in [-0.4, -0.2) is 57.3 Å². The van der Waals surface area contributed by atoms with Crippen LogP contribution in [0.5, 0.6) is 0 Å². The summed E-state index contributed by atoms with van der Waals surface area (Å²) in [6.07, 6.45) is 28.4. The van der Waals surface area contributed by atoms with Gasteiger partial charge in [0.15, 0.2) is 12.1 Å². The van der Waals surface area contributed by atoms with E-state index in [0.29, 0.717) is 12.8 Å². The predicted molar refractivity (Wildman–Crippen MR) is 170 cm³/mol. The molecule has 0 bridgehead atoms. The topological polar surface area (TPSA) is 115 Å². The lowest BCUT2D eigenvalue weighted by molar-refractivity contribution is -0.974. The third-order valence-electron chi connectivity index (χ3n) is 9.05. The third kappa shape index (κ3) is 15.5. The second-order valence-corrected chi connectivity index (χ2v) is 12.2. The van der Waals surface area contributed by atoms with Gasteiger partial charge in [-0.15, -0.1) is 0 Å². The van der Waals surface area contributed by atoms with Gasteiger partial charge in [0.05, 0.1) is 12.5 Å². The van der Waals surface area contributed by atoms with Gasteiger partial charge in [-0.2, -0.15) is 0 Å². The number of nitrogens with zero attached hydrogens (tertiary/aromatic N) is 1. The second kappa shape index (κ2) is 25.6. The monoisotopic (exact) mass is 595 g/mol. The van der Waals surface area contributed by atoms with Crippen molar-refractivity contribution in [1.82, 2.24) is 0 Å². The molecule has 0 fully saturated rings. The number of allylic oxidation sites excluding steroid dienone is 2. The molecule has 0 aromatic heterocycles. The highest BCUT2D eigenvalue weighted by atomic mass is 16.4. The van der Waals surface area contributed by atoms with Crippen molar-refractivity contribution in [3.63, 3.8) is 0 Å². The molecule has 0 heterocycles. The standard InChI is InChI=1S/C35H65NO6/c1-5-9-10-11-12-13-14-15-16-17-18-19-20-21-22-23-24-25-26-27-28-29-36(30(6-2)33(37)38,31(7-3)34(39)40)32(8-4)35(41)42/h25-26,30-32H,5-24,27-29H2,1-4H3,(H2-,37,38,39,40,41,42)/b26-25+. The number of carbonyl (C=O) groups excluding carboxylic acids is 1. The molecule has 7 nitrogen and oxygen atoms in total. The number of rotatable bonds is 30. The van der Waals surface area contributed by atoms with E-state index in [1.807, 2.05) is 0 Å². The first-order valence-electron chi connectivity index (χ1n) is 17.4. The van der Waals surface area contributed by atoms with Gasteiger partial charge in [-0.3, -0.25) is 4.48 Å². The minimum atomic E-state index is -1.38. The van der Waals surface area contributed by atoms with Gasteiger partial charge in [0, 0.05) is 25.7 Å². The molecule has 2 N–H and O–H groups in total. The van der Waals surface area contributed by atoms with E-state index in [4.69, 9.17) is 0 Å². The molecule has 3 unspecified atom stereocenters. The van der Waals surface area contributed by atoms with Gasteiger partial charge in [-0.25, -0.2) is 9.59 Å². The predicted octanol–water partition coefficient (Wildman–Crippen LogP) is 8.05. The Labute approximate surface area is 257 Å². The molecule has 0 aliphatic heterocycles. The van der Waals surface area contributed by atoms with Gasteiger partial charge in [-0.05, 0) is 19.3 Å². The molecule has 0 radical (unpaired) electrons. The fraction of sp³-hybridized carbons (Fsp3) is 0.857. The van der Waals surface area contributed by atoms with Crippen LogP contribution in [-0.2, 0) is 14.4 Å². The molecule has 0 aliphatic rings. The van der Waals surface area contributed by atoms with Crippen molar-refractivity contribution in [2.24, 2.45) is 0 Å². The first-order chi connectivity index (χ1) is 20.2. The minimum Gasteiger partial charge on any atom is -0.544 e. The zero-order valence-corrected chi connectivity index (χ0v) is 27.6. The minimum absolute atomic E-state index is 0.116. The average molecular weight is 596 g/mol. The molecule has 3 atom stereocenters. The summed E-state index contributed by atoms with van der Waals surface area (Å²) in [6, 6.07) is -3.44. The van der Waals surface area contributed by atoms with Crippen LogP contribution < -0.4 is 5.11 Å². The van der Waals surface area contributed by atoms with Crippen molar-refractivity contribution in [2.75, 3.05) is 6.54 Å². The van der Waals surface area contributed by atoms with E-state index in [2.05, 4.69) is 19.1 Å². The maximum atomic E-state index is 12.2. The van der Waals surface area contributed by atoms with E-state index in [1.165, 1.54) is 96.3 Å². The Morgan fingerprint density at radius 1 is 0.548 bits per heavy atom. The largest absolute Gasteiger partial charge is 0.544 e. The fourth-order valence-corrected chi connectivity index (χ4v) is 6.79. The number of carbonyl (C=O) groups is 3. The first kappa shape index (κ1) is 40.1. The summed E-state index contributed by atoms with van der Waals surface area (Å²) in [6.45, 7) is 7.46. The molecule has 0 aromatic rings. The smallest absolute Gasteiger partial charge is 0.362 e. The van der Waals surface area contributed by atoms with Crippen molar-refractivity contribution in [2.45, 2.75) is 187 Å². The molecular formula is C35H65NO6. The number of unbranched alkanes of at least 4 members (excludes halogenated alkanes) is 17. The van der Waals surface area contributed by atoms with E-state index in [9.17, 15) is 29.7 Å². The molecule has 7 heteroatoms. The van der Waals surface area contributed by atoms with Gasteiger partial charge < -0.3 is 20.1 Å². The number of hydrogen-bond donors (Lipinski definition) is 2. The third-order valence-corrected chi connectivity index (χ3v) is 9.05. The summed E-state index contributed by atoms with van der Waals surface area (Å²) in [7, 11) is 0. The van der Waals surface area contributed by atoms with Crippen LogP contribution in [0.1, 0.15) is 169 Å². The van der Waals surface area contributed by atoms with Gasteiger partial charge >= 0.3 is 11.9 Å². The highest BCUT2D eigenvalue weighted by molar-refractivity contribution is 5.77. The van der Waals surface area contributed by atoms with Crippen molar-refractivity contribution < 1.29 is 34.2 Å². The summed E-state index contributed by atoms with van der Waals surface area (Å²) in [5, 5.41) is 32.1. The Kier molecular flexibility index (Phi) is 24.4. The Hall–Kier alpha value is -1.89. The second-order valence-electron chi connectivity index (χ2n) is 12.2. The fourth-order valence-electron chi connectivity index (χ4n) is 6.79. The number of hydrogen-bond acceptors (Lipinski definition) is 4. The highest BCUT2D eigenvalue weighted by Crippen LogP contribution is 2.32. The van der Waals surface area contributed by atoms with Gasteiger partial charge in [-0.1, -0.05) is 136 Å². The lowest BCUT2D eigenvalue weighted by Crippen LogP contribution is -2.73. The van der Waals surface area contributed by atoms with E-state index in [-0.39, 0.29) is 25.8 Å². The Morgan fingerprint density at radius 2 is 0.881 bits per heavy atom. The van der Waals surface area contributed by atoms with Crippen molar-refractivity contribution in [3.8, 4) is 0 Å². The maximum absolute atomic E-state index is 12.2. The van der Waals surface area contributed by atoms with E-state index in [1.54, 1.807) is 20.8 Å². The SMILES string of the molecule is CCCCCCCCCCCCCCCCCC/C=C/CCC[N+](C(CC)C(=O)[O-])(C(CC)C(=O)O)C(CC)C(=O)O. The first-order valence-corrected chi connectivity index (χ1v) is 17.4. The van der Waals surface area contributed by atoms with Crippen LogP contribution in [0.25, 0.3) is 0 Å². The molecule has 0 aliphatic carbocycles. The maximum Gasteiger partial charge on any atom is 0.362 e. The number of quaternary nitrogens is 1. The summed E-state index contributed by atoms with van der Waals surface area (Å²) in [5.74, 6) is -3.69. The van der Waals surface area contributed by atoms with Crippen LogP contribution in [0.3, 0.4) is 0 Å². The molecular weight excluding hydrogens is 530 g/mol. The van der Waals surface area contributed by atoms with Gasteiger partial charge in [0.25, 0.3) is 0 Å². The zero-order chi connectivity index (χ0) is 31.6. The van der Waals surface area contributed by atoms with Crippen molar-refractivity contribution in [3.05, 3.63) is 12.2 Å². The van der Waals surface area contributed by atoms with Crippen LogP contribution >= 0.6 is 0 Å². The molecule has 246 valence electrons. The Morgan fingerprint density at radius 3 is 1.19 bits per heavy atom. The van der Waals surface area contributed by atoms with Crippen LogP contribution in [0, 0.1) is 0 Å². The zero-order valence-electron chi connectivity index (χ0n) is 27.6. The number of carboxylic acid groups (broad SMARTS) is 3. The highest BCUT2D eigenvalue weighted by Gasteiger charge is 2.53. The molecule has 0 spiro atoms. The lowest BCUT2D eigenvalue weighted by Gasteiger charge is -2.51. The van der Waals surface area contributed by atoms with E-state index >= 15 is 0 Å². The average Bonchev–Trinajstić information content (AvgIpc) is 2.94. The molecule has 0 saturated heterocycles. The lowest BCUT2D eigenvalue weighted by atomic mass is 9.94. The summed E-state index contributed by atoms with van der Waals surface area (Å²) in [5.41, 5.74) is 0. The number of aliphatic carboxylic acids is 3.